The van der Waals surface area contributed by atoms with E-state index in [9.17, 15) is 14.4 Å². The Kier molecular flexibility index (Phi) is 3.39. The van der Waals surface area contributed by atoms with Crippen LogP contribution in [0.15, 0.2) is 24.3 Å². The van der Waals surface area contributed by atoms with E-state index in [1.807, 2.05) is 4.57 Å². The van der Waals surface area contributed by atoms with E-state index < -0.39 is 23.8 Å². The summed E-state index contributed by atoms with van der Waals surface area (Å²) in [4.78, 5) is 44.1. The Hall–Kier alpha value is -3.07. The highest BCUT2D eigenvalue weighted by molar-refractivity contribution is 6.20. The number of hydrogen-bond acceptors (Lipinski definition) is 7. The summed E-state index contributed by atoms with van der Waals surface area (Å²) in [6.45, 7) is 2.52. The molecule has 2 aromatic rings. The lowest BCUT2D eigenvalue weighted by molar-refractivity contribution is -0.176. The lowest BCUT2D eigenvalue weighted by Crippen LogP contribution is -2.49. The number of amides is 2. The third kappa shape index (κ3) is 2.31. The molecule has 0 saturated heterocycles. The van der Waals surface area contributed by atoms with E-state index in [4.69, 9.17) is 4.84 Å². The molecule has 3 heterocycles. The third-order valence-corrected chi connectivity index (χ3v) is 4.50. The lowest BCUT2D eigenvalue weighted by Gasteiger charge is -2.31. The highest BCUT2D eigenvalue weighted by Crippen LogP contribution is 2.24. The zero-order chi connectivity index (χ0) is 17.7. The Morgan fingerprint density at radius 1 is 1.16 bits per heavy atom. The largest absolute Gasteiger partial charge is 0.352 e. The van der Waals surface area contributed by atoms with Crippen LogP contribution in [0.2, 0.25) is 0 Å². The van der Waals surface area contributed by atoms with Crippen molar-refractivity contribution in [3.8, 4) is 0 Å². The number of carbonyl (C=O) groups is 3. The number of aryl methyl sites for hydroxylation is 1. The predicted octanol–water partition coefficient (Wildman–Crippen LogP) is 0.155. The molecule has 2 aliphatic heterocycles. The fourth-order valence-electron chi connectivity index (χ4n) is 3.08. The van der Waals surface area contributed by atoms with Crippen LogP contribution >= 0.6 is 0 Å². The number of rotatable bonds is 2. The van der Waals surface area contributed by atoms with Gasteiger partial charge in [-0.25, -0.2) is 4.79 Å². The van der Waals surface area contributed by atoms with E-state index in [1.165, 1.54) is 12.1 Å². The molecule has 0 N–H and O–H groups in total. The van der Waals surface area contributed by atoms with Crippen LogP contribution in [0.1, 0.15) is 32.4 Å². The summed E-state index contributed by atoms with van der Waals surface area (Å²) in [5, 5.41) is 8.59. The molecule has 2 aliphatic rings. The topological polar surface area (TPSA) is 97.6 Å². The standard InChI is InChI=1S/C16H15N5O4/c1-9-17-18-13-8-19(2)12(7-20(9)13)16(24)25-21-14(22)10-5-3-4-6-11(10)15(21)23/h3-6,12H,7-8H2,1-2H3. The Balaban J connectivity index is 1.54. The summed E-state index contributed by atoms with van der Waals surface area (Å²) in [5.41, 5.74) is 0.462. The maximum absolute atomic E-state index is 12.6. The first-order valence-electron chi connectivity index (χ1n) is 7.76. The SMILES string of the molecule is Cc1nnc2n1CC(C(=O)ON1C(=O)c3ccccc3C1=O)N(C)C2. The van der Waals surface area contributed by atoms with Crippen molar-refractivity contribution >= 4 is 17.8 Å². The van der Waals surface area contributed by atoms with Crippen LogP contribution in [0.3, 0.4) is 0 Å². The Bertz CT molecular complexity index is 871. The normalized spacial score (nSPS) is 19.8. The maximum Gasteiger partial charge on any atom is 0.352 e. The van der Waals surface area contributed by atoms with E-state index >= 15 is 0 Å². The molecule has 0 aliphatic carbocycles. The van der Waals surface area contributed by atoms with Crippen LogP contribution in [0.25, 0.3) is 0 Å². The van der Waals surface area contributed by atoms with Crippen LogP contribution < -0.4 is 0 Å². The van der Waals surface area contributed by atoms with Gasteiger partial charge in [0.15, 0.2) is 0 Å². The Morgan fingerprint density at radius 3 is 2.44 bits per heavy atom. The van der Waals surface area contributed by atoms with Gasteiger partial charge in [-0.15, -0.1) is 10.2 Å². The minimum absolute atomic E-state index is 0.231. The van der Waals surface area contributed by atoms with Crippen LogP contribution in [0.5, 0.6) is 0 Å². The molecule has 2 amide bonds. The van der Waals surface area contributed by atoms with Crippen molar-refractivity contribution in [2.75, 3.05) is 7.05 Å². The zero-order valence-corrected chi connectivity index (χ0v) is 13.7. The molecule has 1 atom stereocenters. The van der Waals surface area contributed by atoms with Crippen LogP contribution in [-0.4, -0.2) is 55.6 Å². The molecule has 25 heavy (non-hydrogen) atoms. The summed E-state index contributed by atoms with van der Waals surface area (Å²) in [7, 11) is 1.75. The molecular weight excluding hydrogens is 326 g/mol. The number of carbonyl (C=O) groups excluding carboxylic acids is 3. The summed E-state index contributed by atoms with van der Waals surface area (Å²) < 4.78 is 1.83. The second-order valence-electron chi connectivity index (χ2n) is 6.07. The number of hydroxylamine groups is 2. The molecule has 9 heteroatoms. The predicted molar refractivity (Wildman–Crippen MR) is 83.0 cm³/mol. The van der Waals surface area contributed by atoms with Crippen molar-refractivity contribution in [1.29, 1.82) is 0 Å². The lowest BCUT2D eigenvalue weighted by atomic mass is 10.1. The van der Waals surface area contributed by atoms with Gasteiger partial charge < -0.3 is 9.40 Å². The molecule has 0 saturated carbocycles. The first-order valence-corrected chi connectivity index (χ1v) is 7.76. The number of imide groups is 1. The Morgan fingerprint density at radius 2 is 1.80 bits per heavy atom. The summed E-state index contributed by atoms with van der Waals surface area (Å²) in [5.74, 6) is -0.482. The molecule has 1 aromatic carbocycles. The first-order chi connectivity index (χ1) is 12.0. The fraction of sp³-hybridized carbons (Fsp3) is 0.312. The smallest absolute Gasteiger partial charge is 0.328 e. The number of fused-ring (bicyclic) bond motifs is 2. The fourth-order valence-corrected chi connectivity index (χ4v) is 3.08. The molecule has 0 bridgehead atoms. The molecule has 9 nitrogen and oxygen atoms in total. The van der Waals surface area contributed by atoms with Gasteiger partial charge in [0.25, 0.3) is 11.8 Å². The van der Waals surface area contributed by atoms with Crippen molar-refractivity contribution in [3.05, 3.63) is 47.0 Å². The van der Waals surface area contributed by atoms with Crippen molar-refractivity contribution in [1.82, 2.24) is 24.7 Å². The van der Waals surface area contributed by atoms with Gasteiger partial charge in [-0.05, 0) is 26.1 Å². The number of aromatic nitrogens is 3. The number of benzene rings is 1. The number of nitrogens with zero attached hydrogens (tertiary/aromatic N) is 5. The molecule has 4 rings (SSSR count). The molecule has 0 spiro atoms. The van der Waals surface area contributed by atoms with Gasteiger partial charge in [0.05, 0.1) is 24.2 Å². The molecular formula is C16H15N5O4. The minimum Gasteiger partial charge on any atom is -0.328 e. The quantitative estimate of drug-likeness (QED) is 0.717. The van der Waals surface area contributed by atoms with Crippen LogP contribution in [0.4, 0.5) is 0 Å². The van der Waals surface area contributed by atoms with Crippen molar-refractivity contribution < 1.29 is 19.2 Å². The molecule has 1 unspecified atom stereocenters. The van der Waals surface area contributed by atoms with Gasteiger partial charge >= 0.3 is 5.97 Å². The molecule has 0 fully saturated rings. The monoisotopic (exact) mass is 341 g/mol. The average molecular weight is 341 g/mol. The van der Waals surface area contributed by atoms with E-state index in [-0.39, 0.29) is 11.1 Å². The zero-order valence-electron chi connectivity index (χ0n) is 13.7. The van der Waals surface area contributed by atoms with Crippen LogP contribution in [-0.2, 0) is 22.7 Å². The molecule has 128 valence electrons. The first kappa shape index (κ1) is 15.5. The van der Waals surface area contributed by atoms with Gasteiger partial charge in [0.1, 0.15) is 17.7 Å². The van der Waals surface area contributed by atoms with Gasteiger partial charge in [0.2, 0.25) is 0 Å². The van der Waals surface area contributed by atoms with Gasteiger partial charge in [0, 0.05) is 0 Å². The average Bonchev–Trinajstić information content (AvgIpc) is 3.07. The van der Waals surface area contributed by atoms with E-state index in [1.54, 1.807) is 31.0 Å². The number of hydrogen-bond donors (Lipinski definition) is 0. The van der Waals surface area contributed by atoms with E-state index in [0.29, 0.717) is 24.0 Å². The number of likely N-dealkylation sites (N-methyl/N-ethyl adjacent to an activating group) is 1. The van der Waals surface area contributed by atoms with Gasteiger partial charge in [-0.2, -0.15) is 0 Å². The van der Waals surface area contributed by atoms with Crippen LogP contribution in [0, 0.1) is 6.92 Å². The Labute approximate surface area is 142 Å². The van der Waals surface area contributed by atoms with Crippen molar-refractivity contribution in [2.24, 2.45) is 0 Å². The van der Waals surface area contributed by atoms with Crippen molar-refractivity contribution in [3.63, 3.8) is 0 Å². The molecule has 0 radical (unpaired) electrons. The van der Waals surface area contributed by atoms with Gasteiger partial charge in [-0.1, -0.05) is 17.2 Å². The second kappa shape index (κ2) is 5.49. The maximum atomic E-state index is 12.6. The molecule has 1 aromatic heterocycles. The summed E-state index contributed by atoms with van der Waals surface area (Å²) in [6, 6.07) is 5.72. The van der Waals surface area contributed by atoms with Gasteiger partial charge in [-0.3, -0.25) is 14.5 Å². The minimum atomic E-state index is -0.671. The summed E-state index contributed by atoms with van der Waals surface area (Å²) in [6.07, 6.45) is 0. The summed E-state index contributed by atoms with van der Waals surface area (Å²) >= 11 is 0. The highest BCUT2D eigenvalue weighted by atomic mass is 16.7. The van der Waals surface area contributed by atoms with Crippen molar-refractivity contribution in [2.45, 2.75) is 26.1 Å². The van der Waals surface area contributed by atoms with E-state index in [2.05, 4.69) is 10.2 Å². The second-order valence-corrected chi connectivity index (χ2v) is 6.07. The highest BCUT2D eigenvalue weighted by Gasteiger charge is 2.41. The van der Waals surface area contributed by atoms with E-state index in [0.717, 1.165) is 5.82 Å². The third-order valence-electron chi connectivity index (χ3n) is 4.50.